The Morgan fingerprint density at radius 2 is 2.12 bits per heavy atom. The van der Waals surface area contributed by atoms with Gasteiger partial charge in [0.1, 0.15) is 0 Å². The SMILES string of the molecule is CNC(C)c1nc(N)nc2ccc(Cl)cc12. The van der Waals surface area contributed by atoms with Crippen LogP contribution in [0.1, 0.15) is 18.7 Å². The van der Waals surface area contributed by atoms with Crippen LogP contribution in [0.3, 0.4) is 0 Å². The second-order valence-electron chi connectivity index (χ2n) is 3.64. The highest BCUT2D eigenvalue weighted by atomic mass is 35.5. The summed E-state index contributed by atoms with van der Waals surface area (Å²) in [7, 11) is 1.87. The van der Waals surface area contributed by atoms with Gasteiger partial charge in [-0.2, -0.15) is 0 Å². The van der Waals surface area contributed by atoms with E-state index in [1.165, 1.54) is 0 Å². The second-order valence-corrected chi connectivity index (χ2v) is 4.08. The molecule has 0 amide bonds. The Bertz CT molecular complexity index is 527. The van der Waals surface area contributed by atoms with E-state index >= 15 is 0 Å². The van der Waals surface area contributed by atoms with Crippen LogP contribution in [0.2, 0.25) is 5.02 Å². The van der Waals surface area contributed by atoms with E-state index in [-0.39, 0.29) is 12.0 Å². The molecule has 0 radical (unpaired) electrons. The van der Waals surface area contributed by atoms with Crippen molar-refractivity contribution in [1.29, 1.82) is 0 Å². The summed E-state index contributed by atoms with van der Waals surface area (Å²) in [5.74, 6) is 0.284. The minimum atomic E-state index is 0.103. The van der Waals surface area contributed by atoms with Gasteiger partial charge in [-0.05, 0) is 32.2 Å². The fourth-order valence-electron chi connectivity index (χ4n) is 1.61. The maximum absolute atomic E-state index is 5.97. The Kier molecular flexibility index (Phi) is 2.94. The smallest absolute Gasteiger partial charge is 0.220 e. The van der Waals surface area contributed by atoms with Crippen molar-refractivity contribution >= 4 is 28.5 Å². The highest BCUT2D eigenvalue weighted by molar-refractivity contribution is 6.31. The standard InChI is InChI=1S/C11H13ClN4/c1-6(14-2)10-8-5-7(12)3-4-9(8)15-11(13)16-10/h3-6,14H,1-2H3,(H2,13,15,16). The van der Waals surface area contributed by atoms with Gasteiger partial charge in [-0.15, -0.1) is 0 Å². The van der Waals surface area contributed by atoms with E-state index in [1.54, 1.807) is 6.07 Å². The number of fused-ring (bicyclic) bond motifs is 1. The highest BCUT2D eigenvalue weighted by Gasteiger charge is 2.11. The number of halogens is 1. The Morgan fingerprint density at radius 1 is 1.38 bits per heavy atom. The summed E-state index contributed by atoms with van der Waals surface area (Å²) in [4.78, 5) is 8.43. The van der Waals surface area contributed by atoms with Crippen molar-refractivity contribution < 1.29 is 0 Å². The fourth-order valence-corrected chi connectivity index (χ4v) is 1.78. The van der Waals surface area contributed by atoms with Gasteiger partial charge in [0, 0.05) is 16.5 Å². The molecule has 2 aromatic rings. The van der Waals surface area contributed by atoms with E-state index in [1.807, 2.05) is 26.1 Å². The molecule has 0 saturated carbocycles. The summed E-state index contributed by atoms with van der Waals surface area (Å²) in [6.07, 6.45) is 0. The van der Waals surface area contributed by atoms with Crippen molar-refractivity contribution in [1.82, 2.24) is 15.3 Å². The molecule has 4 nitrogen and oxygen atoms in total. The zero-order valence-electron chi connectivity index (χ0n) is 9.16. The zero-order chi connectivity index (χ0) is 11.7. The van der Waals surface area contributed by atoms with Crippen LogP contribution in [0.4, 0.5) is 5.95 Å². The molecule has 0 aliphatic carbocycles. The summed E-state index contributed by atoms with van der Waals surface area (Å²) in [6.45, 7) is 2.02. The average molecular weight is 237 g/mol. The van der Waals surface area contributed by atoms with Gasteiger partial charge in [0.05, 0.1) is 11.2 Å². The lowest BCUT2D eigenvalue weighted by Crippen LogP contribution is -2.15. The predicted octanol–water partition coefficient (Wildman–Crippen LogP) is 2.15. The molecule has 0 bridgehead atoms. The van der Waals surface area contributed by atoms with Gasteiger partial charge in [0.2, 0.25) is 5.95 Å². The van der Waals surface area contributed by atoms with Crippen molar-refractivity contribution in [2.45, 2.75) is 13.0 Å². The zero-order valence-corrected chi connectivity index (χ0v) is 9.92. The Hall–Kier alpha value is -1.39. The number of nitrogens with zero attached hydrogens (tertiary/aromatic N) is 2. The fraction of sp³-hybridized carbons (Fsp3) is 0.273. The first-order valence-electron chi connectivity index (χ1n) is 5.01. The van der Waals surface area contributed by atoms with Crippen molar-refractivity contribution in [2.75, 3.05) is 12.8 Å². The predicted molar refractivity (Wildman–Crippen MR) is 66.4 cm³/mol. The number of aromatic nitrogens is 2. The number of hydrogen-bond donors (Lipinski definition) is 2. The Morgan fingerprint density at radius 3 is 2.81 bits per heavy atom. The summed E-state index contributed by atoms with van der Waals surface area (Å²) >= 11 is 5.97. The molecular formula is C11H13ClN4. The quantitative estimate of drug-likeness (QED) is 0.839. The van der Waals surface area contributed by atoms with Gasteiger partial charge < -0.3 is 11.1 Å². The van der Waals surface area contributed by atoms with E-state index in [2.05, 4.69) is 15.3 Å². The van der Waals surface area contributed by atoms with Crippen LogP contribution in [0, 0.1) is 0 Å². The van der Waals surface area contributed by atoms with Gasteiger partial charge in [0.25, 0.3) is 0 Å². The van der Waals surface area contributed by atoms with Crippen LogP contribution in [-0.4, -0.2) is 17.0 Å². The molecular weight excluding hydrogens is 224 g/mol. The van der Waals surface area contributed by atoms with E-state index < -0.39 is 0 Å². The normalized spacial score (nSPS) is 12.9. The van der Waals surface area contributed by atoms with Gasteiger partial charge in [-0.3, -0.25) is 0 Å². The summed E-state index contributed by atoms with van der Waals surface area (Å²) in [5, 5.41) is 4.74. The first-order chi connectivity index (χ1) is 7.61. The summed E-state index contributed by atoms with van der Waals surface area (Å²) in [5.41, 5.74) is 7.35. The van der Waals surface area contributed by atoms with Crippen molar-refractivity contribution in [3.05, 3.63) is 28.9 Å². The van der Waals surface area contributed by atoms with Crippen LogP contribution >= 0.6 is 11.6 Å². The van der Waals surface area contributed by atoms with Crippen LogP contribution in [0.5, 0.6) is 0 Å². The molecule has 1 aromatic heterocycles. The molecule has 84 valence electrons. The molecule has 16 heavy (non-hydrogen) atoms. The highest BCUT2D eigenvalue weighted by Crippen LogP contribution is 2.24. The lowest BCUT2D eigenvalue weighted by atomic mass is 10.1. The molecule has 0 saturated heterocycles. The number of hydrogen-bond acceptors (Lipinski definition) is 4. The van der Waals surface area contributed by atoms with Crippen LogP contribution in [0.15, 0.2) is 18.2 Å². The Labute approximate surface area is 98.8 Å². The van der Waals surface area contributed by atoms with E-state index in [4.69, 9.17) is 17.3 Å². The number of anilines is 1. The van der Waals surface area contributed by atoms with Crippen molar-refractivity contribution in [3.63, 3.8) is 0 Å². The van der Waals surface area contributed by atoms with E-state index in [0.717, 1.165) is 16.6 Å². The molecule has 3 N–H and O–H groups in total. The average Bonchev–Trinajstić information content (AvgIpc) is 2.27. The van der Waals surface area contributed by atoms with Gasteiger partial charge in [-0.25, -0.2) is 9.97 Å². The minimum Gasteiger partial charge on any atom is -0.368 e. The molecule has 0 spiro atoms. The maximum Gasteiger partial charge on any atom is 0.220 e. The van der Waals surface area contributed by atoms with E-state index in [9.17, 15) is 0 Å². The van der Waals surface area contributed by atoms with Crippen molar-refractivity contribution in [2.24, 2.45) is 0 Å². The molecule has 0 aliphatic rings. The van der Waals surface area contributed by atoms with Gasteiger partial charge >= 0.3 is 0 Å². The molecule has 1 unspecified atom stereocenters. The monoisotopic (exact) mass is 236 g/mol. The third-order valence-electron chi connectivity index (χ3n) is 2.55. The number of rotatable bonds is 2. The van der Waals surface area contributed by atoms with E-state index in [0.29, 0.717) is 5.02 Å². The minimum absolute atomic E-state index is 0.103. The van der Waals surface area contributed by atoms with Crippen LogP contribution in [0.25, 0.3) is 10.9 Å². The number of nitrogens with two attached hydrogens (primary N) is 1. The third kappa shape index (κ3) is 1.94. The number of benzene rings is 1. The summed E-state index contributed by atoms with van der Waals surface area (Å²) in [6, 6.07) is 5.61. The number of nitrogen functional groups attached to an aromatic ring is 1. The second kappa shape index (κ2) is 4.23. The third-order valence-corrected chi connectivity index (χ3v) is 2.78. The molecule has 1 atom stereocenters. The molecule has 1 aromatic carbocycles. The molecule has 2 rings (SSSR count). The van der Waals surface area contributed by atoms with Gasteiger partial charge in [-0.1, -0.05) is 11.6 Å². The molecule has 0 fully saturated rings. The van der Waals surface area contributed by atoms with Crippen LogP contribution in [-0.2, 0) is 0 Å². The number of nitrogens with one attached hydrogen (secondary N) is 1. The van der Waals surface area contributed by atoms with Crippen molar-refractivity contribution in [3.8, 4) is 0 Å². The topological polar surface area (TPSA) is 63.8 Å². The first-order valence-corrected chi connectivity index (χ1v) is 5.39. The molecule has 1 heterocycles. The largest absolute Gasteiger partial charge is 0.368 e. The molecule has 5 heteroatoms. The van der Waals surface area contributed by atoms with Crippen LogP contribution < -0.4 is 11.1 Å². The maximum atomic E-state index is 5.97. The first kappa shape index (κ1) is 11.1. The summed E-state index contributed by atoms with van der Waals surface area (Å²) < 4.78 is 0. The van der Waals surface area contributed by atoms with Gasteiger partial charge in [0.15, 0.2) is 0 Å². The molecule has 0 aliphatic heterocycles. The Balaban J connectivity index is 2.74. The lowest BCUT2D eigenvalue weighted by molar-refractivity contribution is 0.638. The lowest BCUT2D eigenvalue weighted by Gasteiger charge is -2.13.